The largest absolute Gasteiger partial charge is 0.398 e. The van der Waals surface area contributed by atoms with Crippen molar-refractivity contribution in [3.05, 3.63) is 23.8 Å². The number of benzene rings is 1. The molecule has 0 bridgehead atoms. The Hall–Kier alpha value is -2.11. The molecule has 1 unspecified atom stereocenters. The highest BCUT2D eigenvalue weighted by molar-refractivity contribution is 7.89. The molecule has 7 nitrogen and oxygen atoms in total. The van der Waals surface area contributed by atoms with Crippen molar-refractivity contribution in [3.63, 3.8) is 0 Å². The molecule has 5 N–H and O–H groups in total. The molecule has 0 fully saturated rings. The Kier molecular flexibility index (Phi) is 3.90. The lowest BCUT2D eigenvalue weighted by Crippen LogP contribution is -2.42. The molecule has 0 radical (unpaired) electrons. The van der Waals surface area contributed by atoms with Gasteiger partial charge in [-0.15, -0.1) is 0 Å². The van der Waals surface area contributed by atoms with Crippen LogP contribution in [0.5, 0.6) is 0 Å². The predicted molar refractivity (Wildman–Crippen MR) is 64.5 cm³/mol. The number of anilines is 1. The van der Waals surface area contributed by atoms with Crippen molar-refractivity contribution in [2.24, 2.45) is 5.73 Å². The van der Waals surface area contributed by atoms with Gasteiger partial charge in [-0.25, -0.2) is 8.42 Å². The third-order valence-corrected chi connectivity index (χ3v) is 3.80. The summed E-state index contributed by atoms with van der Waals surface area (Å²) in [6, 6.07) is 4.54. The summed E-state index contributed by atoms with van der Waals surface area (Å²) in [6.07, 6.45) is 0. The first-order valence-corrected chi connectivity index (χ1v) is 6.37. The van der Waals surface area contributed by atoms with Gasteiger partial charge in [0, 0.05) is 0 Å². The molecule has 1 atom stereocenters. The minimum atomic E-state index is -3.95. The molecule has 0 saturated heterocycles. The molecule has 0 saturated carbocycles. The maximum absolute atomic E-state index is 11.9. The highest BCUT2D eigenvalue weighted by atomic mass is 32.2. The summed E-state index contributed by atoms with van der Waals surface area (Å²) < 4.78 is 25.9. The van der Waals surface area contributed by atoms with E-state index in [4.69, 9.17) is 16.7 Å². The number of nitriles is 1. The number of nitrogens with zero attached hydrogens (tertiary/aromatic N) is 1. The van der Waals surface area contributed by atoms with Gasteiger partial charge in [0.15, 0.2) is 0 Å². The van der Waals surface area contributed by atoms with E-state index >= 15 is 0 Å². The molecular formula is C10H12N4O3S. The Morgan fingerprint density at radius 3 is 2.56 bits per heavy atom. The monoisotopic (exact) mass is 268 g/mol. The summed E-state index contributed by atoms with van der Waals surface area (Å²) in [6.45, 7) is 1.32. The van der Waals surface area contributed by atoms with E-state index in [-0.39, 0.29) is 16.1 Å². The highest BCUT2D eigenvalue weighted by Gasteiger charge is 2.22. The average Bonchev–Trinajstić information content (AvgIpc) is 2.27. The Balaban J connectivity index is 3.14. The third-order valence-electron chi connectivity index (χ3n) is 2.19. The number of primary amides is 1. The van der Waals surface area contributed by atoms with Crippen LogP contribution in [-0.2, 0) is 14.8 Å². The van der Waals surface area contributed by atoms with Gasteiger partial charge < -0.3 is 11.5 Å². The lowest BCUT2D eigenvalue weighted by molar-refractivity contribution is -0.119. The third kappa shape index (κ3) is 2.97. The first-order valence-electron chi connectivity index (χ1n) is 4.89. The summed E-state index contributed by atoms with van der Waals surface area (Å²) in [7, 11) is -3.95. The maximum Gasteiger partial charge on any atom is 0.243 e. The van der Waals surface area contributed by atoms with Gasteiger partial charge in [0.05, 0.1) is 23.4 Å². The molecule has 18 heavy (non-hydrogen) atoms. The number of carbonyl (C=O) groups is 1. The molecule has 1 amide bonds. The molecule has 0 aliphatic carbocycles. The van der Waals surface area contributed by atoms with Crippen molar-refractivity contribution in [2.75, 3.05) is 5.73 Å². The topological polar surface area (TPSA) is 139 Å². The molecule has 1 aromatic carbocycles. The second-order valence-electron chi connectivity index (χ2n) is 3.61. The lowest BCUT2D eigenvalue weighted by Gasteiger charge is -2.12. The summed E-state index contributed by atoms with van der Waals surface area (Å²) in [5, 5.41) is 8.64. The van der Waals surface area contributed by atoms with Crippen molar-refractivity contribution in [1.82, 2.24) is 4.72 Å². The summed E-state index contributed by atoms with van der Waals surface area (Å²) >= 11 is 0. The molecule has 0 aromatic heterocycles. The van der Waals surface area contributed by atoms with Crippen LogP contribution in [-0.4, -0.2) is 20.4 Å². The number of nitrogen functional groups attached to an aromatic ring is 1. The van der Waals surface area contributed by atoms with Gasteiger partial charge in [0.1, 0.15) is 4.90 Å². The Bertz CT molecular complexity index is 619. The second-order valence-corrected chi connectivity index (χ2v) is 5.29. The number of sulfonamides is 1. The highest BCUT2D eigenvalue weighted by Crippen LogP contribution is 2.19. The fourth-order valence-electron chi connectivity index (χ4n) is 1.22. The van der Waals surface area contributed by atoms with E-state index < -0.39 is 22.0 Å². The Morgan fingerprint density at radius 2 is 2.11 bits per heavy atom. The van der Waals surface area contributed by atoms with Gasteiger partial charge in [0.25, 0.3) is 0 Å². The molecule has 1 aromatic rings. The first-order chi connectivity index (χ1) is 8.27. The van der Waals surface area contributed by atoms with Gasteiger partial charge in [-0.1, -0.05) is 0 Å². The van der Waals surface area contributed by atoms with Crippen LogP contribution in [0.3, 0.4) is 0 Å². The minimum absolute atomic E-state index is 0.0711. The van der Waals surface area contributed by atoms with Crippen LogP contribution in [0.2, 0.25) is 0 Å². The van der Waals surface area contributed by atoms with Gasteiger partial charge in [-0.05, 0) is 25.1 Å². The molecule has 1 rings (SSSR count). The van der Waals surface area contributed by atoms with Crippen molar-refractivity contribution in [2.45, 2.75) is 17.9 Å². The van der Waals surface area contributed by atoms with Crippen LogP contribution >= 0.6 is 0 Å². The van der Waals surface area contributed by atoms with Gasteiger partial charge in [0.2, 0.25) is 15.9 Å². The summed E-state index contributed by atoms with van der Waals surface area (Å²) in [4.78, 5) is 10.6. The van der Waals surface area contributed by atoms with Crippen LogP contribution in [0.4, 0.5) is 5.69 Å². The van der Waals surface area contributed by atoms with Crippen LogP contribution < -0.4 is 16.2 Å². The molecule has 0 heterocycles. The van der Waals surface area contributed by atoms with E-state index in [0.29, 0.717) is 0 Å². The molecule has 96 valence electrons. The van der Waals surface area contributed by atoms with Crippen LogP contribution in [0.15, 0.2) is 23.1 Å². The van der Waals surface area contributed by atoms with E-state index in [9.17, 15) is 13.2 Å². The summed E-state index contributed by atoms with van der Waals surface area (Å²) in [5.74, 6) is -0.800. The number of amides is 1. The second kappa shape index (κ2) is 5.03. The molecule has 0 aliphatic rings. The molecule has 8 heteroatoms. The van der Waals surface area contributed by atoms with E-state index in [0.717, 1.165) is 0 Å². The SMILES string of the molecule is CC(NS(=O)(=O)c1ccc(C#N)cc1N)C(N)=O. The van der Waals surface area contributed by atoms with E-state index in [1.807, 2.05) is 6.07 Å². The number of nitrogens with two attached hydrogens (primary N) is 2. The van der Waals surface area contributed by atoms with Crippen LogP contribution in [0.1, 0.15) is 12.5 Å². The van der Waals surface area contributed by atoms with Gasteiger partial charge in [-0.2, -0.15) is 9.98 Å². The zero-order valence-corrected chi connectivity index (χ0v) is 10.4. The van der Waals surface area contributed by atoms with Crippen molar-refractivity contribution in [3.8, 4) is 6.07 Å². The van der Waals surface area contributed by atoms with Crippen molar-refractivity contribution < 1.29 is 13.2 Å². The van der Waals surface area contributed by atoms with Crippen molar-refractivity contribution >= 4 is 21.6 Å². The van der Waals surface area contributed by atoms with Crippen LogP contribution in [0, 0.1) is 11.3 Å². The maximum atomic E-state index is 11.9. The zero-order valence-electron chi connectivity index (χ0n) is 9.54. The summed E-state index contributed by atoms with van der Waals surface area (Å²) in [5.41, 5.74) is 10.7. The Labute approximate surface area is 104 Å². The van der Waals surface area contributed by atoms with Crippen molar-refractivity contribution in [1.29, 1.82) is 5.26 Å². The Morgan fingerprint density at radius 1 is 1.50 bits per heavy atom. The number of nitrogens with one attached hydrogen (secondary N) is 1. The average molecular weight is 268 g/mol. The minimum Gasteiger partial charge on any atom is -0.398 e. The zero-order chi connectivity index (χ0) is 13.9. The fraction of sp³-hybridized carbons (Fsp3) is 0.200. The van der Waals surface area contributed by atoms with Gasteiger partial charge in [-0.3, -0.25) is 4.79 Å². The molecule has 0 spiro atoms. The normalized spacial score (nSPS) is 12.7. The number of rotatable bonds is 4. The van der Waals surface area contributed by atoms with E-state index in [1.165, 1.54) is 25.1 Å². The molecular weight excluding hydrogens is 256 g/mol. The van der Waals surface area contributed by atoms with E-state index in [2.05, 4.69) is 4.72 Å². The number of hydrogen-bond acceptors (Lipinski definition) is 5. The lowest BCUT2D eigenvalue weighted by atomic mass is 10.2. The fourth-order valence-corrected chi connectivity index (χ4v) is 2.54. The first kappa shape index (κ1) is 14.0. The predicted octanol–water partition coefficient (Wildman–Crippen LogP) is -0.707. The standard InChI is InChI=1S/C10H12N4O3S/c1-6(10(13)15)14-18(16,17)9-3-2-7(5-11)4-8(9)12/h2-4,6,14H,12H2,1H3,(H2,13,15). The number of carbonyl (C=O) groups excluding carboxylic acids is 1. The van der Waals surface area contributed by atoms with Crippen LogP contribution in [0.25, 0.3) is 0 Å². The van der Waals surface area contributed by atoms with Gasteiger partial charge >= 0.3 is 0 Å². The smallest absolute Gasteiger partial charge is 0.243 e. The van der Waals surface area contributed by atoms with E-state index in [1.54, 1.807) is 0 Å². The quantitative estimate of drug-likeness (QED) is 0.619. The molecule has 0 aliphatic heterocycles. The number of hydrogen-bond donors (Lipinski definition) is 3.